The Hall–Kier alpha value is -1.71. The number of esters is 2. The molecule has 0 N–H and O–H groups in total. The van der Waals surface area contributed by atoms with E-state index in [0.29, 0.717) is 5.57 Å². The zero-order chi connectivity index (χ0) is 22.5. The molecule has 0 saturated carbocycles. The molecule has 0 radical (unpaired) electrons. The van der Waals surface area contributed by atoms with Crippen molar-refractivity contribution in [2.75, 3.05) is 7.11 Å². The van der Waals surface area contributed by atoms with Crippen LogP contribution in [-0.4, -0.2) is 58.7 Å². The number of carbonyl (C=O) groups is 4. The van der Waals surface area contributed by atoms with E-state index in [1.165, 1.54) is 6.92 Å². The number of nitrogens with zero attached hydrogens (tertiary/aromatic N) is 1. The smallest absolute Gasteiger partial charge is 0.464 e. The number of allylic oxidation sites excluding steroid dienone is 1. The Morgan fingerprint density at radius 3 is 2.17 bits per heavy atom. The molecule has 0 bridgehead atoms. The van der Waals surface area contributed by atoms with Gasteiger partial charge in [0.05, 0.1) is 7.11 Å². The molecule has 0 aromatic carbocycles. The van der Waals surface area contributed by atoms with Gasteiger partial charge in [0, 0.05) is 6.42 Å². The summed E-state index contributed by atoms with van der Waals surface area (Å²) in [4.78, 5) is 48.3. The van der Waals surface area contributed by atoms with E-state index in [9.17, 15) is 19.2 Å². The SMILES string of the molecule is CCC(=O)OC1[C@H](C(C)OC(=O)OC(Cl)C(Cl)Cl)C(=O)N1C(C(=O)OC)=C(C)C. The number of ether oxygens (including phenoxy) is 4. The van der Waals surface area contributed by atoms with Crippen LogP contribution in [0.1, 0.15) is 34.1 Å². The van der Waals surface area contributed by atoms with Crippen molar-refractivity contribution < 1.29 is 38.1 Å². The zero-order valence-corrected chi connectivity index (χ0v) is 18.7. The summed E-state index contributed by atoms with van der Waals surface area (Å²) in [7, 11) is 1.16. The van der Waals surface area contributed by atoms with E-state index in [1.54, 1.807) is 20.8 Å². The van der Waals surface area contributed by atoms with E-state index < -0.39 is 52.7 Å². The summed E-state index contributed by atoms with van der Waals surface area (Å²) in [5.41, 5.74) is -0.961. The lowest BCUT2D eigenvalue weighted by Gasteiger charge is -2.47. The Balaban J connectivity index is 3.06. The van der Waals surface area contributed by atoms with Crippen molar-refractivity contribution in [1.29, 1.82) is 0 Å². The third-order valence-electron chi connectivity index (χ3n) is 3.91. The third-order valence-corrected chi connectivity index (χ3v) is 4.97. The standard InChI is InChI=1S/C17H22Cl3NO8/c1-6-9(22)28-15-10(8(4)27-17(25)29-13(20)12(18)19)14(23)21(15)11(7(2)3)16(24)26-5/h8,10,12-13,15H,6H2,1-5H3/t8?,10-,13?,15?/m1/s1. The first kappa shape index (κ1) is 25.3. The highest BCUT2D eigenvalue weighted by Gasteiger charge is 2.56. The summed E-state index contributed by atoms with van der Waals surface area (Å²) in [5.74, 6) is -3.06. The number of hydrogen-bond acceptors (Lipinski definition) is 8. The molecule has 1 amide bonds. The summed E-state index contributed by atoms with van der Waals surface area (Å²) in [6, 6.07) is 0. The molecule has 0 aromatic rings. The van der Waals surface area contributed by atoms with Gasteiger partial charge in [-0.05, 0) is 26.3 Å². The van der Waals surface area contributed by atoms with Crippen LogP contribution in [0.2, 0.25) is 0 Å². The van der Waals surface area contributed by atoms with Crippen LogP contribution in [0.4, 0.5) is 4.79 Å². The maximum absolute atomic E-state index is 12.8. The molecule has 1 heterocycles. The molecule has 0 spiro atoms. The Bertz CT molecular complexity index is 692. The highest BCUT2D eigenvalue weighted by molar-refractivity contribution is 6.48. The van der Waals surface area contributed by atoms with Crippen LogP contribution in [0.15, 0.2) is 11.3 Å². The number of methoxy groups -OCH3 is 1. The minimum absolute atomic E-state index is 0.0334. The maximum atomic E-state index is 12.8. The van der Waals surface area contributed by atoms with Gasteiger partial charge in [0.1, 0.15) is 17.7 Å². The van der Waals surface area contributed by atoms with Crippen LogP contribution >= 0.6 is 34.8 Å². The molecular weight excluding hydrogens is 453 g/mol. The first-order valence-electron chi connectivity index (χ1n) is 8.54. The molecule has 0 aromatic heterocycles. The van der Waals surface area contributed by atoms with Gasteiger partial charge in [-0.15, -0.1) is 0 Å². The first-order valence-corrected chi connectivity index (χ1v) is 9.84. The topological polar surface area (TPSA) is 108 Å². The van der Waals surface area contributed by atoms with Gasteiger partial charge in [-0.1, -0.05) is 41.7 Å². The second kappa shape index (κ2) is 10.9. The average molecular weight is 475 g/mol. The van der Waals surface area contributed by atoms with Gasteiger partial charge < -0.3 is 18.9 Å². The largest absolute Gasteiger partial charge is 0.510 e. The first-order chi connectivity index (χ1) is 13.5. The monoisotopic (exact) mass is 473 g/mol. The molecule has 1 saturated heterocycles. The van der Waals surface area contributed by atoms with Crippen molar-refractivity contribution in [1.82, 2.24) is 4.90 Å². The lowest BCUT2D eigenvalue weighted by atomic mass is 9.89. The number of carbonyl (C=O) groups excluding carboxylic acids is 4. The zero-order valence-electron chi connectivity index (χ0n) is 16.4. The minimum Gasteiger partial charge on any atom is -0.464 e. The number of alkyl halides is 3. The Morgan fingerprint density at radius 2 is 1.72 bits per heavy atom. The van der Waals surface area contributed by atoms with Crippen LogP contribution in [0.5, 0.6) is 0 Å². The van der Waals surface area contributed by atoms with Crippen molar-refractivity contribution >= 4 is 58.8 Å². The van der Waals surface area contributed by atoms with Gasteiger partial charge >= 0.3 is 18.1 Å². The van der Waals surface area contributed by atoms with E-state index >= 15 is 0 Å². The third kappa shape index (κ3) is 6.13. The van der Waals surface area contributed by atoms with Crippen LogP contribution in [0.3, 0.4) is 0 Å². The molecule has 12 heteroatoms. The molecule has 1 rings (SSSR count). The summed E-state index contributed by atoms with van der Waals surface area (Å²) in [6.07, 6.45) is -3.44. The Kier molecular flexibility index (Phi) is 9.51. The maximum Gasteiger partial charge on any atom is 0.510 e. The van der Waals surface area contributed by atoms with Crippen molar-refractivity contribution in [3.63, 3.8) is 0 Å². The molecule has 164 valence electrons. The van der Waals surface area contributed by atoms with Gasteiger partial charge in [-0.25, -0.2) is 9.59 Å². The molecular formula is C17H22Cl3NO8. The molecule has 1 fully saturated rings. The predicted molar refractivity (Wildman–Crippen MR) is 103 cm³/mol. The number of amides is 1. The molecule has 3 unspecified atom stereocenters. The lowest BCUT2D eigenvalue weighted by molar-refractivity contribution is -0.204. The van der Waals surface area contributed by atoms with E-state index in [0.717, 1.165) is 12.0 Å². The van der Waals surface area contributed by atoms with E-state index in [1.807, 2.05) is 0 Å². The van der Waals surface area contributed by atoms with E-state index in [4.69, 9.17) is 49.0 Å². The molecule has 0 aliphatic carbocycles. The predicted octanol–water partition coefficient (Wildman–Crippen LogP) is 3.10. The van der Waals surface area contributed by atoms with Gasteiger partial charge in [0.15, 0.2) is 11.1 Å². The molecule has 4 atom stereocenters. The summed E-state index contributed by atoms with van der Waals surface area (Å²) in [5, 5.41) is 0. The van der Waals surface area contributed by atoms with E-state index in [-0.39, 0.29) is 12.1 Å². The number of halogens is 3. The van der Waals surface area contributed by atoms with Crippen molar-refractivity contribution in [3.8, 4) is 0 Å². The Labute approximate surface area is 183 Å². The fraction of sp³-hybridized carbons (Fsp3) is 0.647. The van der Waals surface area contributed by atoms with Gasteiger partial charge in [-0.3, -0.25) is 14.5 Å². The van der Waals surface area contributed by atoms with Crippen LogP contribution in [-0.2, 0) is 33.3 Å². The van der Waals surface area contributed by atoms with Crippen LogP contribution in [0.25, 0.3) is 0 Å². The number of β-lactam (4-membered cyclic amide) rings is 1. The molecule has 29 heavy (non-hydrogen) atoms. The lowest BCUT2D eigenvalue weighted by Crippen LogP contribution is -2.66. The normalized spacial score (nSPS) is 20.3. The molecule has 1 aliphatic heterocycles. The van der Waals surface area contributed by atoms with Gasteiger partial charge in [0.2, 0.25) is 11.5 Å². The van der Waals surface area contributed by atoms with Crippen LogP contribution in [0, 0.1) is 5.92 Å². The number of rotatable bonds is 8. The van der Waals surface area contributed by atoms with Crippen molar-refractivity contribution in [2.24, 2.45) is 5.92 Å². The summed E-state index contributed by atoms with van der Waals surface area (Å²) in [6.45, 7) is 6.16. The molecule has 1 aliphatic rings. The second-order valence-corrected chi connectivity index (χ2v) is 7.78. The fourth-order valence-corrected chi connectivity index (χ4v) is 2.71. The fourth-order valence-electron chi connectivity index (χ4n) is 2.54. The van der Waals surface area contributed by atoms with Gasteiger partial charge in [0.25, 0.3) is 0 Å². The number of hydrogen-bond donors (Lipinski definition) is 0. The van der Waals surface area contributed by atoms with Crippen molar-refractivity contribution in [2.45, 2.75) is 56.8 Å². The quantitative estimate of drug-likeness (QED) is 0.174. The summed E-state index contributed by atoms with van der Waals surface area (Å²) < 4.78 is 19.7. The second-order valence-electron chi connectivity index (χ2n) is 6.18. The molecule has 9 nitrogen and oxygen atoms in total. The minimum atomic E-state index is -1.36. The van der Waals surface area contributed by atoms with Crippen molar-refractivity contribution in [3.05, 3.63) is 11.3 Å². The highest BCUT2D eigenvalue weighted by atomic mass is 35.5. The highest BCUT2D eigenvalue weighted by Crippen LogP contribution is 2.37. The van der Waals surface area contributed by atoms with Crippen LogP contribution < -0.4 is 0 Å². The summed E-state index contributed by atoms with van der Waals surface area (Å²) >= 11 is 16.6. The Morgan fingerprint density at radius 1 is 1.14 bits per heavy atom. The average Bonchev–Trinajstić information content (AvgIpc) is 2.63. The van der Waals surface area contributed by atoms with Gasteiger partial charge in [-0.2, -0.15) is 0 Å². The van der Waals surface area contributed by atoms with E-state index in [2.05, 4.69) is 4.74 Å². The number of likely N-dealkylation sites (tertiary alicyclic amines) is 1.